The minimum Gasteiger partial charge on any atom is -0.393 e. The molecule has 0 aromatic heterocycles. The van der Waals surface area contributed by atoms with E-state index in [0.717, 1.165) is 6.92 Å². The van der Waals surface area contributed by atoms with Crippen molar-refractivity contribution in [2.45, 2.75) is 13.0 Å². The van der Waals surface area contributed by atoms with Crippen LogP contribution in [0, 0.1) is 0 Å². The van der Waals surface area contributed by atoms with Gasteiger partial charge in [0.15, 0.2) is 0 Å². The second-order valence-electron chi connectivity index (χ2n) is 2.44. The molecule has 0 amide bonds. The number of ether oxygens (including phenoxy) is 1. The fraction of sp³-hybridized carbons (Fsp3) is 0.714. The van der Waals surface area contributed by atoms with Crippen molar-refractivity contribution in [3.05, 3.63) is 0 Å². The molecule has 0 saturated carbocycles. The highest BCUT2D eigenvalue weighted by atomic mass is 28.4. The SMILES string of the molecule is CO[Si](CC(=O)OC(C)=O)(OC)OC. The number of rotatable bonds is 5. The van der Waals surface area contributed by atoms with Crippen molar-refractivity contribution in [1.82, 2.24) is 0 Å². The third kappa shape index (κ3) is 3.96. The summed E-state index contributed by atoms with van der Waals surface area (Å²) in [5.74, 6) is -1.38. The Labute approximate surface area is 83.5 Å². The first-order valence-corrected chi connectivity index (χ1v) is 5.79. The lowest BCUT2D eigenvalue weighted by Crippen LogP contribution is -2.45. The largest absolute Gasteiger partial charge is 0.511 e. The maximum absolute atomic E-state index is 11.1. The van der Waals surface area contributed by atoms with Crippen LogP contribution in [0.25, 0.3) is 0 Å². The Balaban J connectivity index is 4.29. The number of hydrogen-bond acceptors (Lipinski definition) is 6. The van der Waals surface area contributed by atoms with Gasteiger partial charge in [-0.25, -0.2) is 0 Å². The van der Waals surface area contributed by atoms with E-state index >= 15 is 0 Å². The van der Waals surface area contributed by atoms with Gasteiger partial charge in [0.1, 0.15) is 6.04 Å². The summed E-state index contributed by atoms with van der Waals surface area (Å²) in [6, 6.07) is -0.184. The monoisotopic (exact) mass is 222 g/mol. The summed E-state index contributed by atoms with van der Waals surface area (Å²) in [6.45, 7) is 1.15. The van der Waals surface area contributed by atoms with Gasteiger partial charge in [0.25, 0.3) is 0 Å². The van der Waals surface area contributed by atoms with Crippen LogP contribution in [0.4, 0.5) is 0 Å². The van der Waals surface area contributed by atoms with Gasteiger partial charge in [0, 0.05) is 28.3 Å². The van der Waals surface area contributed by atoms with Crippen LogP contribution in [-0.2, 0) is 27.6 Å². The molecule has 0 bridgehead atoms. The molecule has 0 heterocycles. The van der Waals surface area contributed by atoms with Gasteiger partial charge in [-0.15, -0.1) is 0 Å². The quantitative estimate of drug-likeness (QED) is 0.369. The van der Waals surface area contributed by atoms with Crippen LogP contribution in [-0.4, -0.2) is 42.1 Å². The smallest absolute Gasteiger partial charge is 0.393 e. The lowest BCUT2D eigenvalue weighted by molar-refractivity contribution is -0.156. The number of carbonyl (C=O) groups is 2. The summed E-state index contributed by atoms with van der Waals surface area (Å²) in [5, 5.41) is 0. The summed E-state index contributed by atoms with van der Waals surface area (Å²) in [7, 11) is 1.15. The molecule has 0 aliphatic carbocycles. The van der Waals surface area contributed by atoms with E-state index in [9.17, 15) is 9.59 Å². The molecule has 6 nitrogen and oxygen atoms in total. The highest BCUT2D eigenvalue weighted by Crippen LogP contribution is 2.13. The van der Waals surface area contributed by atoms with Crippen LogP contribution in [0.15, 0.2) is 0 Å². The number of hydrogen-bond donors (Lipinski definition) is 0. The zero-order chi connectivity index (χ0) is 11.2. The lowest BCUT2D eigenvalue weighted by atomic mass is 10.7. The molecular weight excluding hydrogens is 208 g/mol. The third-order valence-electron chi connectivity index (χ3n) is 1.55. The zero-order valence-electron chi connectivity index (χ0n) is 8.66. The Hall–Kier alpha value is -0.763. The minimum atomic E-state index is -2.97. The normalized spacial score (nSPS) is 11.1. The topological polar surface area (TPSA) is 71.1 Å². The molecule has 0 unspecified atom stereocenters. The van der Waals surface area contributed by atoms with Crippen molar-refractivity contribution >= 4 is 20.7 Å². The van der Waals surface area contributed by atoms with Crippen molar-refractivity contribution in [3.63, 3.8) is 0 Å². The average molecular weight is 222 g/mol. The molecule has 0 fully saturated rings. The van der Waals surface area contributed by atoms with Crippen molar-refractivity contribution in [2.24, 2.45) is 0 Å². The zero-order valence-corrected chi connectivity index (χ0v) is 9.66. The van der Waals surface area contributed by atoms with Crippen molar-refractivity contribution in [3.8, 4) is 0 Å². The number of esters is 2. The highest BCUT2D eigenvalue weighted by molar-refractivity contribution is 6.64. The maximum atomic E-state index is 11.1. The Kier molecular flexibility index (Phi) is 5.54. The molecule has 0 aromatic rings. The van der Waals surface area contributed by atoms with Gasteiger partial charge in [-0.1, -0.05) is 0 Å². The molecule has 82 valence electrons. The molecule has 0 atom stereocenters. The van der Waals surface area contributed by atoms with E-state index in [-0.39, 0.29) is 6.04 Å². The second-order valence-corrected chi connectivity index (χ2v) is 5.38. The predicted octanol–water partition coefficient (Wildman–Crippen LogP) is -0.0458. The van der Waals surface area contributed by atoms with E-state index in [0.29, 0.717) is 0 Å². The molecule has 14 heavy (non-hydrogen) atoms. The first-order chi connectivity index (χ1) is 6.49. The summed E-state index contributed by atoms with van der Waals surface area (Å²) < 4.78 is 19.2. The van der Waals surface area contributed by atoms with Gasteiger partial charge in [0.2, 0.25) is 0 Å². The van der Waals surface area contributed by atoms with Gasteiger partial charge in [-0.05, 0) is 0 Å². The lowest BCUT2D eigenvalue weighted by Gasteiger charge is -2.22. The fourth-order valence-electron chi connectivity index (χ4n) is 0.840. The van der Waals surface area contributed by atoms with E-state index in [1.807, 2.05) is 0 Å². The minimum absolute atomic E-state index is 0.184. The van der Waals surface area contributed by atoms with Crippen LogP contribution in [0.3, 0.4) is 0 Å². The van der Waals surface area contributed by atoms with Gasteiger partial charge < -0.3 is 18.0 Å². The van der Waals surface area contributed by atoms with Crippen LogP contribution in [0.5, 0.6) is 0 Å². The van der Waals surface area contributed by atoms with Crippen LogP contribution in [0.2, 0.25) is 6.04 Å². The van der Waals surface area contributed by atoms with Gasteiger partial charge in [-0.3, -0.25) is 9.59 Å². The van der Waals surface area contributed by atoms with Crippen LogP contribution < -0.4 is 0 Å². The first kappa shape index (κ1) is 13.2. The average Bonchev–Trinajstić information content (AvgIpc) is 2.13. The van der Waals surface area contributed by atoms with Crippen molar-refractivity contribution < 1.29 is 27.6 Å². The Morgan fingerprint density at radius 2 is 1.50 bits per heavy atom. The van der Waals surface area contributed by atoms with Gasteiger partial charge in [0.05, 0.1) is 0 Å². The van der Waals surface area contributed by atoms with E-state index in [1.54, 1.807) is 0 Å². The molecule has 0 aliphatic rings. The Morgan fingerprint density at radius 3 is 1.79 bits per heavy atom. The molecule has 7 heteroatoms. The Morgan fingerprint density at radius 1 is 1.07 bits per heavy atom. The van der Waals surface area contributed by atoms with E-state index in [2.05, 4.69) is 4.74 Å². The Bertz CT molecular complexity index is 204. The van der Waals surface area contributed by atoms with Crippen molar-refractivity contribution in [1.29, 1.82) is 0 Å². The number of carbonyl (C=O) groups excluding carboxylic acids is 2. The standard InChI is InChI=1S/C7H14O6Si/c1-6(8)13-7(9)5-14(10-2,11-3)12-4/h5H2,1-4H3. The van der Waals surface area contributed by atoms with Gasteiger partial charge >= 0.3 is 20.7 Å². The maximum Gasteiger partial charge on any atom is 0.511 e. The van der Waals surface area contributed by atoms with E-state index in [1.165, 1.54) is 21.3 Å². The van der Waals surface area contributed by atoms with E-state index < -0.39 is 20.7 Å². The molecule has 0 N–H and O–H groups in total. The van der Waals surface area contributed by atoms with Crippen molar-refractivity contribution in [2.75, 3.05) is 21.3 Å². The molecule has 0 aromatic carbocycles. The first-order valence-electron chi connectivity index (χ1n) is 3.86. The molecule has 0 radical (unpaired) electrons. The molecular formula is C7H14O6Si. The molecule has 0 saturated heterocycles. The molecule has 0 aliphatic heterocycles. The van der Waals surface area contributed by atoms with Crippen LogP contribution in [0.1, 0.15) is 6.92 Å². The third-order valence-corrected chi connectivity index (χ3v) is 4.14. The second kappa shape index (κ2) is 5.86. The summed E-state index contributed by atoms with van der Waals surface area (Å²) >= 11 is 0. The molecule has 0 spiro atoms. The van der Waals surface area contributed by atoms with E-state index in [4.69, 9.17) is 13.3 Å². The summed E-state index contributed by atoms with van der Waals surface area (Å²) in [6.07, 6.45) is 0. The summed E-state index contributed by atoms with van der Waals surface area (Å²) in [5.41, 5.74) is 0. The fourth-order valence-corrected chi connectivity index (χ4v) is 2.20. The predicted molar refractivity (Wildman–Crippen MR) is 48.4 cm³/mol. The highest BCUT2D eigenvalue weighted by Gasteiger charge is 2.41. The van der Waals surface area contributed by atoms with Crippen LogP contribution >= 0.6 is 0 Å². The molecule has 0 rings (SSSR count). The van der Waals surface area contributed by atoms with Gasteiger partial charge in [-0.2, -0.15) is 0 Å². The summed E-state index contributed by atoms with van der Waals surface area (Å²) in [4.78, 5) is 21.6.